The highest BCUT2D eigenvalue weighted by Crippen LogP contribution is 2.41. The molecule has 2 aromatic carbocycles. The number of Topliss-reactive ketones (excluding diaryl/α,β-unsaturated/α-hetero) is 1. The van der Waals surface area contributed by atoms with Crippen LogP contribution in [-0.4, -0.2) is 38.2 Å². The van der Waals surface area contributed by atoms with Crippen molar-refractivity contribution in [1.82, 2.24) is 9.88 Å². The lowest BCUT2D eigenvalue weighted by Gasteiger charge is -2.25. The normalized spacial score (nSPS) is 16.9. The van der Waals surface area contributed by atoms with Gasteiger partial charge in [0.2, 0.25) is 0 Å². The second-order valence-electron chi connectivity index (χ2n) is 8.01. The van der Waals surface area contributed by atoms with Gasteiger partial charge in [0, 0.05) is 36.6 Å². The molecular formula is C26H23N3O6. The van der Waals surface area contributed by atoms with Crippen molar-refractivity contribution in [2.24, 2.45) is 0 Å². The van der Waals surface area contributed by atoms with Crippen LogP contribution in [0.15, 0.2) is 78.6 Å². The van der Waals surface area contributed by atoms with Crippen molar-refractivity contribution in [2.75, 3.05) is 6.61 Å². The Balaban J connectivity index is 1.85. The van der Waals surface area contributed by atoms with Gasteiger partial charge in [0.15, 0.2) is 0 Å². The molecule has 9 heteroatoms. The van der Waals surface area contributed by atoms with E-state index in [4.69, 9.17) is 4.74 Å². The van der Waals surface area contributed by atoms with Crippen molar-refractivity contribution in [1.29, 1.82) is 0 Å². The third kappa shape index (κ3) is 4.89. The maximum Gasteiger partial charge on any atom is 0.295 e. The van der Waals surface area contributed by atoms with E-state index in [1.165, 1.54) is 23.1 Å². The molecule has 1 aliphatic rings. The first kappa shape index (κ1) is 23.6. The highest BCUT2D eigenvalue weighted by molar-refractivity contribution is 6.46. The summed E-state index contributed by atoms with van der Waals surface area (Å²) in [6.07, 6.45) is 3.93. The molecule has 9 nitrogen and oxygen atoms in total. The van der Waals surface area contributed by atoms with Gasteiger partial charge in [-0.1, -0.05) is 31.2 Å². The number of carbonyl (C=O) groups excluding carboxylic acids is 2. The number of likely N-dealkylation sites (tertiary alicyclic amines) is 1. The number of nitro benzene ring substituents is 1. The van der Waals surface area contributed by atoms with Crippen LogP contribution in [0.5, 0.6) is 5.75 Å². The molecule has 1 aromatic heterocycles. The molecule has 0 saturated carbocycles. The van der Waals surface area contributed by atoms with Crippen LogP contribution in [-0.2, 0) is 16.1 Å². The zero-order valence-corrected chi connectivity index (χ0v) is 19.0. The Hall–Kier alpha value is -4.53. The van der Waals surface area contributed by atoms with E-state index in [2.05, 4.69) is 4.98 Å². The molecule has 1 unspecified atom stereocenters. The number of hydrogen-bond acceptors (Lipinski definition) is 7. The lowest BCUT2D eigenvalue weighted by atomic mass is 9.94. The molecule has 1 atom stereocenters. The summed E-state index contributed by atoms with van der Waals surface area (Å²) >= 11 is 0. The van der Waals surface area contributed by atoms with E-state index in [1.807, 2.05) is 6.92 Å². The topological polar surface area (TPSA) is 123 Å². The van der Waals surface area contributed by atoms with E-state index in [9.17, 15) is 24.8 Å². The van der Waals surface area contributed by atoms with Crippen LogP contribution in [0.3, 0.4) is 0 Å². The maximum atomic E-state index is 13.2. The number of hydrogen-bond donors (Lipinski definition) is 1. The number of aromatic nitrogens is 1. The van der Waals surface area contributed by atoms with Gasteiger partial charge in [-0.3, -0.25) is 24.7 Å². The van der Waals surface area contributed by atoms with Gasteiger partial charge in [0.05, 0.1) is 23.1 Å². The second kappa shape index (κ2) is 10.2. The number of rotatable bonds is 8. The summed E-state index contributed by atoms with van der Waals surface area (Å²) in [5, 5.41) is 22.6. The molecule has 3 aromatic rings. The largest absolute Gasteiger partial charge is 0.507 e. The SMILES string of the molecule is CCCOc1cccc(/C(O)=C2\C(=O)C(=O)N(Cc3ccncc3)C2c2cccc([N+](=O)[O-])c2)c1. The van der Waals surface area contributed by atoms with Crippen molar-refractivity contribution >= 4 is 23.1 Å². The number of non-ortho nitro benzene ring substituents is 1. The van der Waals surface area contributed by atoms with Crippen molar-refractivity contribution in [2.45, 2.75) is 25.9 Å². The third-order valence-corrected chi connectivity index (χ3v) is 5.62. The zero-order chi connectivity index (χ0) is 24.9. The van der Waals surface area contributed by atoms with Gasteiger partial charge >= 0.3 is 0 Å². The van der Waals surface area contributed by atoms with Crippen LogP contribution >= 0.6 is 0 Å². The molecule has 1 aliphatic heterocycles. The fourth-order valence-electron chi connectivity index (χ4n) is 3.99. The minimum Gasteiger partial charge on any atom is -0.507 e. The zero-order valence-electron chi connectivity index (χ0n) is 19.0. The van der Waals surface area contributed by atoms with Crippen LogP contribution in [0, 0.1) is 10.1 Å². The van der Waals surface area contributed by atoms with Crippen LogP contribution < -0.4 is 4.74 Å². The first-order chi connectivity index (χ1) is 16.9. The van der Waals surface area contributed by atoms with Gasteiger partial charge in [-0.25, -0.2) is 0 Å². The van der Waals surface area contributed by atoms with Gasteiger partial charge in [-0.15, -0.1) is 0 Å². The number of aliphatic hydroxyl groups excluding tert-OH is 1. The number of pyridine rings is 1. The first-order valence-electron chi connectivity index (χ1n) is 11.1. The van der Waals surface area contributed by atoms with Crippen LogP contribution in [0.2, 0.25) is 0 Å². The molecule has 1 N–H and O–H groups in total. The summed E-state index contributed by atoms with van der Waals surface area (Å²) < 4.78 is 5.63. The third-order valence-electron chi connectivity index (χ3n) is 5.62. The minimum atomic E-state index is -1.02. The maximum absolute atomic E-state index is 13.2. The molecule has 0 aliphatic carbocycles. The lowest BCUT2D eigenvalue weighted by Crippen LogP contribution is -2.29. The van der Waals surface area contributed by atoms with Gasteiger partial charge in [-0.05, 0) is 41.8 Å². The number of ketones is 1. The number of amides is 1. The van der Waals surface area contributed by atoms with Crippen molar-refractivity contribution in [3.63, 3.8) is 0 Å². The Morgan fingerprint density at radius 1 is 1.11 bits per heavy atom. The number of carbonyl (C=O) groups is 2. The van der Waals surface area contributed by atoms with Crippen LogP contribution in [0.25, 0.3) is 5.76 Å². The molecule has 35 heavy (non-hydrogen) atoms. The van der Waals surface area contributed by atoms with E-state index in [0.29, 0.717) is 29.0 Å². The summed E-state index contributed by atoms with van der Waals surface area (Å²) in [4.78, 5) is 42.4. The molecular weight excluding hydrogens is 450 g/mol. The predicted octanol–water partition coefficient (Wildman–Crippen LogP) is 4.40. The van der Waals surface area contributed by atoms with Crippen LogP contribution in [0.4, 0.5) is 5.69 Å². The summed E-state index contributed by atoms with van der Waals surface area (Å²) in [6.45, 7) is 2.50. The van der Waals surface area contributed by atoms with Crippen molar-refractivity contribution < 1.29 is 24.4 Å². The molecule has 4 rings (SSSR count). The Labute approximate surface area is 201 Å². The van der Waals surface area contributed by atoms with Crippen molar-refractivity contribution in [3.05, 3.63) is 105 Å². The monoisotopic (exact) mass is 473 g/mol. The van der Waals surface area contributed by atoms with E-state index in [1.54, 1.807) is 54.9 Å². The first-order valence-corrected chi connectivity index (χ1v) is 11.1. The highest BCUT2D eigenvalue weighted by Gasteiger charge is 2.46. The van der Waals surface area contributed by atoms with E-state index in [0.717, 1.165) is 6.42 Å². The quantitative estimate of drug-likeness (QED) is 0.169. The fraction of sp³-hybridized carbons (Fsp3) is 0.192. The Morgan fingerprint density at radius 2 is 1.86 bits per heavy atom. The molecule has 1 amide bonds. The predicted molar refractivity (Wildman–Crippen MR) is 127 cm³/mol. The number of aliphatic hydroxyl groups is 1. The van der Waals surface area contributed by atoms with E-state index in [-0.39, 0.29) is 23.6 Å². The summed E-state index contributed by atoms with van der Waals surface area (Å²) in [5.41, 5.74) is 1.03. The van der Waals surface area contributed by atoms with Gasteiger partial charge in [0.25, 0.3) is 17.4 Å². The number of ether oxygens (including phenoxy) is 1. The average Bonchev–Trinajstić information content (AvgIpc) is 3.12. The average molecular weight is 473 g/mol. The smallest absolute Gasteiger partial charge is 0.295 e. The molecule has 1 saturated heterocycles. The Kier molecular flexibility index (Phi) is 6.86. The molecule has 0 bridgehead atoms. The summed E-state index contributed by atoms with van der Waals surface area (Å²) in [7, 11) is 0. The minimum absolute atomic E-state index is 0.0525. The van der Waals surface area contributed by atoms with E-state index >= 15 is 0 Å². The number of nitro groups is 1. The second-order valence-corrected chi connectivity index (χ2v) is 8.01. The van der Waals surface area contributed by atoms with E-state index < -0.39 is 22.7 Å². The van der Waals surface area contributed by atoms with Crippen LogP contribution in [0.1, 0.15) is 36.1 Å². The lowest BCUT2D eigenvalue weighted by molar-refractivity contribution is -0.384. The molecule has 0 spiro atoms. The summed E-state index contributed by atoms with van der Waals surface area (Å²) in [6, 6.07) is 14.7. The fourth-order valence-corrected chi connectivity index (χ4v) is 3.99. The molecule has 2 heterocycles. The Bertz CT molecular complexity index is 1310. The van der Waals surface area contributed by atoms with Gasteiger partial charge < -0.3 is 14.7 Å². The van der Waals surface area contributed by atoms with Crippen molar-refractivity contribution in [3.8, 4) is 5.75 Å². The molecule has 1 fully saturated rings. The molecule has 0 radical (unpaired) electrons. The van der Waals surface area contributed by atoms with Gasteiger partial charge in [0.1, 0.15) is 11.5 Å². The number of benzene rings is 2. The standard InChI is InChI=1S/C26H23N3O6/c1-2-13-35-21-8-4-6-19(15-21)24(30)22-23(18-5-3-7-20(14-18)29(33)34)28(26(32)25(22)31)16-17-9-11-27-12-10-17/h3-12,14-15,23,30H,2,13,16H2,1H3/b24-22+. The highest BCUT2D eigenvalue weighted by atomic mass is 16.6. The number of nitrogens with zero attached hydrogens (tertiary/aromatic N) is 3. The van der Waals surface area contributed by atoms with Gasteiger partial charge in [-0.2, -0.15) is 0 Å². The summed E-state index contributed by atoms with van der Waals surface area (Å²) in [5.74, 6) is -1.54. The molecule has 178 valence electrons. The Morgan fingerprint density at radius 3 is 2.57 bits per heavy atom.